The maximum absolute atomic E-state index is 6.10. The molecule has 0 unspecified atom stereocenters. The molecule has 3 aromatic rings. The van der Waals surface area contributed by atoms with Gasteiger partial charge in [-0.1, -0.05) is 12.1 Å². The molecule has 1 aromatic carbocycles. The number of nitrogens with zero attached hydrogens (tertiary/aromatic N) is 4. The minimum atomic E-state index is 0.340. The minimum absolute atomic E-state index is 0.340. The number of methoxy groups -OCH3 is 1. The molecule has 28 heavy (non-hydrogen) atoms. The van der Waals surface area contributed by atoms with Crippen LogP contribution in [-0.2, 0) is 0 Å². The van der Waals surface area contributed by atoms with Crippen molar-refractivity contribution in [2.45, 2.75) is 31.7 Å². The predicted molar refractivity (Wildman–Crippen MR) is 107 cm³/mol. The molecule has 1 fully saturated rings. The van der Waals surface area contributed by atoms with Gasteiger partial charge >= 0.3 is 0 Å². The summed E-state index contributed by atoms with van der Waals surface area (Å²) in [7, 11) is 1.65. The smallest absolute Gasteiger partial charge is 0.163 e. The lowest BCUT2D eigenvalue weighted by atomic mass is 9.87. The van der Waals surface area contributed by atoms with Gasteiger partial charge in [0.15, 0.2) is 5.75 Å². The van der Waals surface area contributed by atoms with Gasteiger partial charge in [-0.3, -0.25) is 0 Å². The summed E-state index contributed by atoms with van der Waals surface area (Å²) >= 11 is 0. The van der Waals surface area contributed by atoms with Gasteiger partial charge in [0, 0.05) is 17.8 Å². The van der Waals surface area contributed by atoms with Crippen molar-refractivity contribution in [1.82, 2.24) is 19.7 Å². The zero-order chi connectivity index (χ0) is 19.3. The van der Waals surface area contributed by atoms with Crippen molar-refractivity contribution >= 4 is 0 Å². The van der Waals surface area contributed by atoms with Gasteiger partial charge in [-0.15, -0.1) is 0 Å². The van der Waals surface area contributed by atoms with Crippen LogP contribution in [0.5, 0.6) is 11.5 Å². The molecule has 2 aromatic heterocycles. The molecule has 0 radical (unpaired) electrons. The van der Waals surface area contributed by atoms with Crippen LogP contribution >= 0.6 is 0 Å². The van der Waals surface area contributed by atoms with Crippen LogP contribution in [0.15, 0.2) is 49.2 Å². The number of rotatable bonds is 6. The van der Waals surface area contributed by atoms with E-state index in [1.165, 1.54) is 6.33 Å². The Bertz CT molecular complexity index is 918. The SMILES string of the molecule is COc1ccccc1-n1cc(-c2ncncc2OC[C@H]2CC[C@@H](N)CC2)cn1. The van der Waals surface area contributed by atoms with Gasteiger partial charge in [0.05, 0.1) is 26.1 Å². The van der Waals surface area contributed by atoms with Crippen LogP contribution in [0.25, 0.3) is 16.9 Å². The van der Waals surface area contributed by atoms with Gasteiger partial charge in [0.2, 0.25) is 0 Å². The Balaban J connectivity index is 1.53. The average Bonchev–Trinajstić information content (AvgIpc) is 3.23. The average molecular weight is 379 g/mol. The maximum atomic E-state index is 6.10. The first-order valence-corrected chi connectivity index (χ1v) is 9.61. The number of aromatic nitrogens is 4. The molecule has 1 aliphatic rings. The standard InChI is InChI=1S/C21H25N5O2/c1-27-19-5-3-2-4-18(19)26-12-16(10-25-26)21-20(11-23-14-24-21)28-13-15-6-8-17(22)9-7-15/h2-5,10-12,14-15,17H,6-9,13,22H2,1H3/t15-,17+. The van der Waals surface area contributed by atoms with E-state index in [2.05, 4.69) is 15.1 Å². The monoisotopic (exact) mass is 379 g/mol. The third-order valence-electron chi connectivity index (χ3n) is 5.23. The number of benzene rings is 1. The highest BCUT2D eigenvalue weighted by Crippen LogP contribution is 2.30. The summed E-state index contributed by atoms with van der Waals surface area (Å²) in [5, 5.41) is 4.48. The number of hydrogen-bond acceptors (Lipinski definition) is 6. The Hall–Kier alpha value is -2.93. The van der Waals surface area contributed by atoms with Gasteiger partial charge in [0.25, 0.3) is 0 Å². The van der Waals surface area contributed by atoms with Gasteiger partial charge in [0.1, 0.15) is 23.5 Å². The third kappa shape index (κ3) is 3.99. The van der Waals surface area contributed by atoms with Crippen molar-refractivity contribution in [3.8, 4) is 28.4 Å². The van der Waals surface area contributed by atoms with Crippen LogP contribution in [-0.4, -0.2) is 39.5 Å². The molecule has 7 nitrogen and oxygen atoms in total. The largest absolute Gasteiger partial charge is 0.494 e. The lowest BCUT2D eigenvalue weighted by Crippen LogP contribution is -2.28. The Kier molecular flexibility index (Phi) is 5.53. The fourth-order valence-electron chi connectivity index (χ4n) is 3.60. The fraction of sp³-hybridized carbons (Fsp3) is 0.381. The van der Waals surface area contributed by atoms with Crippen molar-refractivity contribution in [1.29, 1.82) is 0 Å². The second-order valence-corrected chi connectivity index (χ2v) is 7.17. The van der Waals surface area contributed by atoms with E-state index < -0.39 is 0 Å². The molecule has 0 saturated heterocycles. The van der Waals surface area contributed by atoms with E-state index in [1.807, 2.05) is 30.5 Å². The normalized spacial score (nSPS) is 19.4. The van der Waals surface area contributed by atoms with Crippen LogP contribution in [0.2, 0.25) is 0 Å². The predicted octanol–water partition coefficient (Wildman–Crippen LogP) is 3.23. The number of nitrogens with two attached hydrogens (primary N) is 1. The van der Waals surface area contributed by atoms with Crippen molar-refractivity contribution in [3.05, 3.63) is 49.2 Å². The van der Waals surface area contributed by atoms with Gasteiger partial charge in [-0.05, 0) is 43.7 Å². The van der Waals surface area contributed by atoms with Crippen LogP contribution in [0, 0.1) is 5.92 Å². The summed E-state index contributed by atoms with van der Waals surface area (Å²) in [4.78, 5) is 8.57. The molecule has 0 bridgehead atoms. The summed E-state index contributed by atoms with van der Waals surface area (Å²) in [6, 6.07) is 8.09. The molecule has 146 valence electrons. The quantitative estimate of drug-likeness (QED) is 0.707. The van der Waals surface area contributed by atoms with Gasteiger partial charge < -0.3 is 15.2 Å². The van der Waals surface area contributed by atoms with E-state index in [9.17, 15) is 0 Å². The summed E-state index contributed by atoms with van der Waals surface area (Å²) < 4.78 is 13.3. The van der Waals surface area contributed by atoms with Crippen molar-refractivity contribution in [2.75, 3.05) is 13.7 Å². The van der Waals surface area contributed by atoms with Crippen LogP contribution < -0.4 is 15.2 Å². The highest BCUT2D eigenvalue weighted by Gasteiger charge is 2.20. The van der Waals surface area contributed by atoms with E-state index in [-0.39, 0.29) is 0 Å². The maximum Gasteiger partial charge on any atom is 0.163 e. The molecule has 2 N–H and O–H groups in total. The molecular formula is C21H25N5O2. The first-order chi connectivity index (χ1) is 13.7. The molecule has 4 rings (SSSR count). The molecule has 1 aliphatic carbocycles. The van der Waals surface area contributed by atoms with Crippen molar-refractivity contribution < 1.29 is 9.47 Å². The Labute approximate surface area is 164 Å². The molecule has 0 amide bonds. The summed E-state index contributed by atoms with van der Waals surface area (Å²) in [6.07, 6.45) is 11.3. The fourth-order valence-corrected chi connectivity index (χ4v) is 3.60. The topological polar surface area (TPSA) is 88.1 Å². The first-order valence-electron chi connectivity index (χ1n) is 9.61. The number of hydrogen-bond donors (Lipinski definition) is 1. The molecule has 0 spiro atoms. The van der Waals surface area contributed by atoms with Gasteiger partial charge in [-0.25, -0.2) is 14.6 Å². The van der Waals surface area contributed by atoms with Gasteiger partial charge in [-0.2, -0.15) is 5.10 Å². The van der Waals surface area contributed by atoms with Crippen molar-refractivity contribution in [2.24, 2.45) is 11.7 Å². The molecule has 7 heteroatoms. The zero-order valence-corrected chi connectivity index (χ0v) is 16.0. The van der Waals surface area contributed by atoms with Crippen LogP contribution in [0.4, 0.5) is 0 Å². The van der Waals surface area contributed by atoms with E-state index in [1.54, 1.807) is 24.2 Å². The molecule has 2 heterocycles. The van der Waals surface area contributed by atoms with E-state index in [0.717, 1.165) is 48.4 Å². The van der Waals surface area contributed by atoms with Crippen LogP contribution in [0.1, 0.15) is 25.7 Å². The summed E-state index contributed by atoms with van der Waals surface area (Å²) in [5.74, 6) is 1.97. The van der Waals surface area contributed by atoms with E-state index >= 15 is 0 Å². The molecule has 1 saturated carbocycles. The Morgan fingerprint density at radius 2 is 1.93 bits per heavy atom. The minimum Gasteiger partial charge on any atom is -0.494 e. The first kappa shape index (κ1) is 18.4. The highest BCUT2D eigenvalue weighted by molar-refractivity contribution is 5.64. The second kappa shape index (κ2) is 8.39. The third-order valence-corrected chi connectivity index (χ3v) is 5.23. The lowest BCUT2D eigenvalue weighted by Gasteiger charge is -2.26. The second-order valence-electron chi connectivity index (χ2n) is 7.17. The number of ether oxygens (including phenoxy) is 2. The summed E-state index contributed by atoms with van der Waals surface area (Å²) in [5.41, 5.74) is 8.47. The van der Waals surface area contributed by atoms with E-state index in [4.69, 9.17) is 15.2 Å². The van der Waals surface area contributed by atoms with Crippen molar-refractivity contribution in [3.63, 3.8) is 0 Å². The Morgan fingerprint density at radius 3 is 2.75 bits per heavy atom. The zero-order valence-electron chi connectivity index (χ0n) is 16.0. The lowest BCUT2D eigenvalue weighted by molar-refractivity contribution is 0.200. The molecule has 0 atom stereocenters. The van der Waals surface area contributed by atoms with E-state index in [0.29, 0.717) is 24.3 Å². The molecular weight excluding hydrogens is 354 g/mol. The number of para-hydroxylation sites is 2. The highest BCUT2D eigenvalue weighted by atomic mass is 16.5. The summed E-state index contributed by atoms with van der Waals surface area (Å²) in [6.45, 7) is 0.660. The molecule has 0 aliphatic heterocycles. The van der Waals surface area contributed by atoms with Crippen LogP contribution in [0.3, 0.4) is 0 Å². The Morgan fingerprint density at radius 1 is 1.11 bits per heavy atom.